The summed E-state index contributed by atoms with van der Waals surface area (Å²) >= 11 is 6.40. The van der Waals surface area contributed by atoms with E-state index in [1.54, 1.807) is 77.0 Å². The molecule has 142 valence electrons. The van der Waals surface area contributed by atoms with E-state index in [2.05, 4.69) is 5.10 Å². The smallest absolute Gasteiger partial charge is 0.323 e. The minimum Gasteiger partial charge on any atom is -0.480 e. The van der Waals surface area contributed by atoms with Gasteiger partial charge in [-0.05, 0) is 36.4 Å². The van der Waals surface area contributed by atoms with Gasteiger partial charge in [-0.15, -0.1) is 0 Å². The van der Waals surface area contributed by atoms with Crippen molar-refractivity contribution in [2.45, 2.75) is 6.54 Å². The number of anilines is 1. The number of benzene rings is 2. The van der Waals surface area contributed by atoms with E-state index in [4.69, 9.17) is 11.6 Å². The number of carboxylic acids is 1. The molecular weight excluding hydrogens is 380 g/mol. The van der Waals surface area contributed by atoms with Crippen molar-refractivity contribution in [2.75, 3.05) is 19.0 Å². The fraction of sp³-hybridized carbons (Fsp3) is 0.150. The molecule has 0 amide bonds. The molecule has 8 heteroatoms. The van der Waals surface area contributed by atoms with Crippen molar-refractivity contribution in [1.29, 1.82) is 0 Å². The summed E-state index contributed by atoms with van der Waals surface area (Å²) in [7, 11) is 3.61. The zero-order valence-corrected chi connectivity index (χ0v) is 16.0. The van der Waals surface area contributed by atoms with Gasteiger partial charge in [0, 0.05) is 37.3 Å². The van der Waals surface area contributed by atoms with Gasteiger partial charge in [-0.25, -0.2) is 4.68 Å². The van der Waals surface area contributed by atoms with Gasteiger partial charge >= 0.3 is 5.97 Å². The van der Waals surface area contributed by atoms with E-state index >= 15 is 0 Å². The Balaban J connectivity index is 2.21. The van der Waals surface area contributed by atoms with Gasteiger partial charge in [-0.1, -0.05) is 11.6 Å². The number of hydrogen-bond donors (Lipinski definition) is 1. The van der Waals surface area contributed by atoms with Crippen LogP contribution < -0.4 is 10.3 Å². The molecule has 28 heavy (non-hydrogen) atoms. The first kappa shape index (κ1) is 18.1. The third kappa shape index (κ3) is 2.80. The maximum Gasteiger partial charge on any atom is 0.323 e. The summed E-state index contributed by atoms with van der Waals surface area (Å²) in [5.41, 5.74) is 2.17. The highest BCUT2D eigenvalue weighted by atomic mass is 35.5. The van der Waals surface area contributed by atoms with Crippen LogP contribution in [0.2, 0.25) is 5.02 Å². The predicted molar refractivity (Wildman–Crippen MR) is 110 cm³/mol. The Kier molecular flexibility index (Phi) is 4.31. The lowest BCUT2D eigenvalue weighted by molar-refractivity contribution is -0.137. The summed E-state index contributed by atoms with van der Waals surface area (Å²) in [6.07, 6.45) is 3.43. The van der Waals surface area contributed by atoms with Crippen LogP contribution in [0.1, 0.15) is 0 Å². The Morgan fingerprint density at radius 2 is 1.96 bits per heavy atom. The molecular formula is C20H17ClN4O3. The number of aromatic nitrogens is 3. The Morgan fingerprint density at radius 3 is 2.61 bits per heavy atom. The van der Waals surface area contributed by atoms with E-state index in [9.17, 15) is 14.7 Å². The summed E-state index contributed by atoms with van der Waals surface area (Å²) in [4.78, 5) is 26.6. The first-order chi connectivity index (χ1) is 13.4. The fourth-order valence-electron chi connectivity index (χ4n) is 3.50. The van der Waals surface area contributed by atoms with Gasteiger partial charge in [0.15, 0.2) is 5.43 Å². The third-order valence-electron chi connectivity index (χ3n) is 4.64. The Labute approximate surface area is 165 Å². The van der Waals surface area contributed by atoms with Crippen molar-refractivity contribution in [3.63, 3.8) is 0 Å². The van der Waals surface area contributed by atoms with Crippen molar-refractivity contribution in [3.05, 3.63) is 64.0 Å². The van der Waals surface area contributed by atoms with Crippen LogP contribution in [0.15, 0.2) is 53.6 Å². The monoisotopic (exact) mass is 396 g/mol. The fourth-order valence-corrected chi connectivity index (χ4v) is 3.82. The van der Waals surface area contributed by atoms with Gasteiger partial charge in [0.2, 0.25) is 0 Å². The quantitative estimate of drug-likeness (QED) is 0.536. The lowest BCUT2D eigenvalue weighted by atomic mass is 10.1. The molecule has 0 radical (unpaired) electrons. The molecule has 0 atom stereocenters. The Hall–Kier alpha value is -3.32. The average molecular weight is 397 g/mol. The minimum atomic E-state index is -1.01. The summed E-state index contributed by atoms with van der Waals surface area (Å²) in [5, 5.41) is 15.1. The topological polar surface area (TPSA) is 80.4 Å². The van der Waals surface area contributed by atoms with Crippen LogP contribution in [0.5, 0.6) is 0 Å². The molecule has 2 aromatic heterocycles. The van der Waals surface area contributed by atoms with E-state index in [1.807, 2.05) is 0 Å². The van der Waals surface area contributed by atoms with Crippen molar-refractivity contribution in [3.8, 4) is 5.69 Å². The van der Waals surface area contributed by atoms with Crippen LogP contribution in [0, 0.1) is 0 Å². The second-order valence-electron chi connectivity index (χ2n) is 6.65. The molecule has 4 rings (SSSR count). The van der Waals surface area contributed by atoms with E-state index in [0.717, 1.165) is 5.69 Å². The molecule has 7 nitrogen and oxygen atoms in total. The van der Waals surface area contributed by atoms with Crippen LogP contribution in [0.4, 0.5) is 5.69 Å². The summed E-state index contributed by atoms with van der Waals surface area (Å²) in [6, 6.07) is 10.4. The van der Waals surface area contributed by atoms with E-state index in [1.165, 1.54) is 0 Å². The number of carboxylic acid groups (broad SMARTS) is 1. The predicted octanol–water partition coefficient (Wildman–Crippen LogP) is 3.14. The summed E-state index contributed by atoms with van der Waals surface area (Å²) < 4.78 is 3.28. The zero-order valence-electron chi connectivity index (χ0n) is 15.3. The second kappa shape index (κ2) is 6.69. The van der Waals surface area contributed by atoms with Crippen molar-refractivity contribution >= 4 is 45.1 Å². The molecule has 2 aromatic carbocycles. The number of rotatable bonds is 4. The highest BCUT2D eigenvalue weighted by Gasteiger charge is 2.19. The molecule has 4 aromatic rings. The number of nitrogens with zero attached hydrogens (tertiary/aromatic N) is 4. The molecule has 1 N–H and O–H groups in total. The first-order valence-corrected chi connectivity index (χ1v) is 8.94. The molecule has 0 aliphatic heterocycles. The summed E-state index contributed by atoms with van der Waals surface area (Å²) in [6.45, 7) is -0.309. The number of carbonyl (C=O) groups is 1. The molecule has 0 saturated carbocycles. The lowest BCUT2D eigenvalue weighted by Gasteiger charge is -2.22. The third-order valence-corrected chi connectivity index (χ3v) is 4.95. The number of pyridine rings is 1. The first-order valence-electron chi connectivity index (χ1n) is 8.56. The van der Waals surface area contributed by atoms with Crippen molar-refractivity contribution < 1.29 is 9.90 Å². The molecule has 0 aliphatic carbocycles. The minimum absolute atomic E-state index is 0.168. The van der Waals surface area contributed by atoms with Gasteiger partial charge < -0.3 is 14.6 Å². The van der Waals surface area contributed by atoms with Gasteiger partial charge in [-0.3, -0.25) is 9.59 Å². The molecule has 2 heterocycles. The average Bonchev–Trinajstić information content (AvgIpc) is 3.18. The molecule has 0 unspecified atom stereocenters. The van der Waals surface area contributed by atoms with Crippen molar-refractivity contribution in [1.82, 2.24) is 14.3 Å². The molecule has 0 spiro atoms. The highest BCUT2D eigenvalue weighted by molar-refractivity contribution is 6.35. The van der Waals surface area contributed by atoms with Crippen LogP contribution in [0.3, 0.4) is 0 Å². The second-order valence-corrected chi connectivity index (χ2v) is 7.05. The number of fused-ring (bicyclic) bond motifs is 2. The zero-order chi connectivity index (χ0) is 20.0. The largest absolute Gasteiger partial charge is 0.480 e. The molecule has 0 fully saturated rings. The van der Waals surface area contributed by atoms with Gasteiger partial charge in [0.25, 0.3) is 0 Å². The SMILES string of the molecule is CN(C)c1c(Cl)ccc2c(=O)c3ccc(-n4cccn4)cc3n(CC(=O)O)c12. The molecule has 0 saturated heterocycles. The van der Waals surface area contributed by atoms with Crippen molar-refractivity contribution in [2.24, 2.45) is 0 Å². The lowest BCUT2D eigenvalue weighted by Crippen LogP contribution is -2.20. The van der Waals surface area contributed by atoms with Gasteiger partial charge in [-0.2, -0.15) is 5.10 Å². The molecule has 0 bridgehead atoms. The molecule has 0 aliphatic rings. The van der Waals surface area contributed by atoms with E-state index in [0.29, 0.717) is 32.5 Å². The number of aliphatic carboxylic acids is 1. The number of hydrogen-bond acceptors (Lipinski definition) is 4. The van der Waals surface area contributed by atoms with E-state index in [-0.39, 0.29) is 12.0 Å². The normalized spacial score (nSPS) is 11.2. The Morgan fingerprint density at radius 1 is 1.21 bits per heavy atom. The maximum atomic E-state index is 13.2. The highest BCUT2D eigenvalue weighted by Crippen LogP contribution is 2.34. The van der Waals surface area contributed by atoms with Crippen LogP contribution in [-0.2, 0) is 11.3 Å². The Bertz CT molecular complexity index is 1280. The maximum absolute atomic E-state index is 13.2. The van der Waals surface area contributed by atoms with Crippen LogP contribution in [0.25, 0.3) is 27.5 Å². The standard InChI is InChI=1S/C20H17ClN4O3/c1-23(2)19-15(21)7-6-14-18(19)24(11-17(26)27)16-10-12(25-9-3-8-22-25)4-5-13(16)20(14)28/h3-10H,11H2,1-2H3,(H,26,27). The summed E-state index contributed by atoms with van der Waals surface area (Å²) in [5.74, 6) is -1.01. The van der Waals surface area contributed by atoms with Crippen LogP contribution in [-0.4, -0.2) is 39.5 Å². The van der Waals surface area contributed by atoms with Crippen LogP contribution >= 0.6 is 11.6 Å². The number of halogens is 1. The van der Waals surface area contributed by atoms with E-state index < -0.39 is 5.97 Å². The van der Waals surface area contributed by atoms with Gasteiger partial charge in [0.1, 0.15) is 6.54 Å². The van der Waals surface area contributed by atoms with Gasteiger partial charge in [0.05, 0.1) is 27.4 Å².